The van der Waals surface area contributed by atoms with E-state index in [1.54, 1.807) is 22.0 Å². The van der Waals surface area contributed by atoms with Gasteiger partial charge in [-0.25, -0.2) is 0 Å². The average molecular weight is 651 g/mol. The Bertz CT molecular complexity index is 1350. The van der Waals surface area contributed by atoms with Crippen molar-refractivity contribution in [2.45, 2.75) is 55.9 Å². The largest absolute Gasteiger partial charge is 0.463 e. The molecule has 5 heterocycles. The van der Waals surface area contributed by atoms with Gasteiger partial charge in [-0.15, -0.1) is 0 Å². The second-order valence-electron chi connectivity index (χ2n) is 12.9. The molecule has 2 N–H and O–H groups in total. The Kier molecular flexibility index (Phi) is 10.7. The predicted molar refractivity (Wildman–Crippen MR) is 171 cm³/mol. The lowest BCUT2D eigenvalue weighted by atomic mass is 9.77. The molecular weight excluding hydrogens is 604 g/mol. The maximum absolute atomic E-state index is 14.5. The summed E-state index contributed by atoms with van der Waals surface area (Å²) >= 11 is 0. The summed E-state index contributed by atoms with van der Waals surface area (Å²) in [5.74, 6) is -3.08. The summed E-state index contributed by atoms with van der Waals surface area (Å²) in [6.07, 6.45) is 8.99. The number of amides is 3. The van der Waals surface area contributed by atoms with Crippen LogP contribution < -0.4 is 5.32 Å². The zero-order chi connectivity index (χ0) is 32.8. The molecule has 1 spiro atoms. The van der Waals surface area contributed by atoms with Gasteiger partial charge in [0.05, 0.1) is 37.2 Å². The number of esters is 1. The number of morpholine rings is 1. The number of hydrogen-bond donors (Lipinski definition) is 2. The third kappa shape index (κ3) is 7.01. The minimum Gasteiger partial charge on any atom is -0.463 e. The maximum atomic E-state index is 14.5. The Morgan fingerprint density at radius 3 is 2.53 bits per heavy atom. The minimum absolute atomic E-state index is 0.0452. The summed E-state index contributed by atoms with van der Waals surface area (Å²) in [5.41, 5.74) is -0.571. The summed E-state index contributed by atoms with van der Waals surface area (Å²) in [7, 11) is 0. The zero-order valence-electron chi connectivity index (χ0n) is 26.8. The number of carbonyl (C=O) groups is 4. The number of cyclic esters (lactones) is 1. The smallest absolute Gasteiger partial charge is 0.306 e. The number of likely N-dealkylation sites (tertiary alicyclic amines) is 1. The van der Waals surface area contributed by atoms with Crippen LogP contribution in [0, 0.1) is 11.8 Å². The van der Waals surface area contributed by atoms with Crippen LogP contribution in [-0.2, 0) is 33.4 Å². The fourth-order valence-corrected chi connectivity index (χ4v) is 7.58. The molecule has 0 aliphatic carbocycles. The van der Waals surface area contributed by atoms with Crippen molar-refractivity contribution in [3.05, 3.63) is 60.2 Å². The standard InChI is InChI=1S/C35H46N4O8/c40-21-8-2-7-16-39-31-34(44)38(18-17-37-19-22-45-23-20-37)15-9-14-35(31)30(33(39)43)29-27(47-35)12-5-6-13-28(41)46-24-26(36-32(29)42)25-10-3-1-4-11-25/h1,3-5,9-12,14,26-27,29-31,40H,2,6-8,13,15-24H2,(H,36,42)/b12-5-/t26-,27+,29-,30-,31+,35-/m0/s1. The van der Waals surface area contributed by atoms with Gasteiger partial charge >= 0.3 is 5.97 Å². The van der Waals surface area contributed by atoms with Crippen molar-refractivity contribution >= 4 is 23.7 Å². The molecule has 5 aliphatic heterocycles. The van der Waals surface area contributed by atoms with Crippen LogP contribution in [0.3, 0.4) is 0 Å². The number of benzene rings is 1. The predicted octanol–water partition coefficient (Wildman–Crippen LogP) is 1.21. The zero-order valence-corrected chi connectivity index (χ0v) is 26.8. The number of rotatable bonds is 9. The first-order chi connectivity index (χ1) is 22.9. The molecule has 12 nitrogen and oxygen atoms in total. The summed E-state index contributed by atoms with van der Waals surface area (Å²) in [6.45, 7) is 4.81. The molecule has 3 saturated heterocycles. The normalized spacial score (nSPS) is 32.4. The van der Waals surface area contributed by atoms with Crippen molar-refractivity contribution in [1.29, 1.82) is 0 Å². The third-order valence-corrected chi connectivity index (χ3v) is 10.00. The number of aliphatic hydroxyl groups is 1. The Labute approximate surface area is 275 Å². The molecule has 0 aromatic heterocycles. The van der Waals surface area contributed by atoms with Crippen LogP contribution in [0.25, 0.3) is 0 Å². The number of allylic oxidation sites excluding steroid dienone is 1. The maximum Gasteiger partial charge on any atom is 0.306 e. The van der Waals surface area contributed by atoms with Crippen LogP contribution in [0.2, 0.25) is 0 Å². The van der Waals surface area contributed by atoms with E-state index < -0.39 is 41.5 Å². The summed E-state index contributed by atoms with van der Waals surface area (Å²) in [5, 5.41) is 12.4. The quantitative estimate of drug-likeness (QED) is 0.230. The lowest BCUT2D eigenvalue weighted by Crippen LogP contribution is -2.56. The number of aliphatic hydroxyl groups excluding tert-OH is 1. The highest BCUT2D eigenvalue weighted by Crippen LogP contribution is 2.53. The van der Waals surface area contributed by atoms with E-state index in [0.717, 1.165) is 18.7 Å². The number of hydrogen-bond acceptors (Lipinski definition) is 9. The molecule has 0 saturated carbocycles. The van der Waals surface area contributed by atoms with E-state index >= 15 is 0 Å². The van der Waals surface area contributed by atoms with Crippen molar-refractivity contribution in [2.24, 2.45) is 11.8 Å². The second-order valence-corrected chi connectivity index (χ2v) is 12.9. The van der Waals surface area contributed by atoms with E-state index in [4.69, 9.17) is 14.2 Å². The van der Waals surface area contributed by atoms with Gasteiger partial charge in [0.15, 0.2) is 0 Å². The third-order valence-electron chi connectivity index (χ3n) is 10.00. The topological polar surface area (TPSA) is 138 Å². The van der Waals surface area contributed by atoms with Crippen LogP contribution in [-0.4, -0.2) is 127 Å². The fraction of sp³-hybridized carbons (Fsp3) is 0.600. The summed E-state index contributed by atoms with van der Waals surface area (Å²) in [6, 6.07) is 7.73. The summed E-state index contributed by atoms with van der Waals surface area (Å²) in [4.78, 5) is 61.6. The van der Waals surface area contributed by atoms with Crippen LogP contribution in [0.4, 0.5) is 0 Å². The number of fused-ring (bicyclic) bond motifs is 2. The summed E-state index contributed by atoms with van der Waals surface area (Å²) < 4.78 is 17.8. The molecule has 0 radical (unpaired) electrons. The molecule has 254 valence electrons. The van der Waals surface area contributed by atoms with Gasteiger partial charge < -0.3 is 34.4 Å². The van der Waals surface area contributed by atoms with Gasteiger partial charge in [-0.1, -0.05) is 54.6 Å². The van der Waals surface area contributed by atoms with E-state index in [1.165, 1.54) is 0 Å². The lowest BCUT2D eigenvalue weighted by molar-refractivity contribution is -0.148. The first kappa shape index (κ1) is 33.3. The molecule has 3 fully saturated rings. The van der Waals surface area contributed by atoms with Gasteiger partial charge in [-0.05, 0) is 31.2 Å². The first-order valence-corrected chi connectivity index (χ1v) is 17.0. The van der Waals surface area contributed by atoms with E-state index in [1.807, 2.05) is 42.5 Å². The molecule has 6 rings (SSSR count). The average Bonchev–Trinajstić information content (AvgIpc) is 3.47. The van der Waals surface area contributed by atoms with Crippen LogP contribution >= 0.6 is 0 Å². The number of ether oxygens (including phenoxy) is 3. The molecule has 1 aromatic carbocycles. The molecular formula is C35H46N4O8. The van der Waals surface area contributed by atoms with Crippen LogP contribution in [0.15, 0.2) is 54.6 Å². The molecule has 47 heavy (non-hydrogen) atoms. The number of nitrogens with zero attached hydrogens (tertiary/aromatic N) is 3. The Balaban J connectivity index is 1.33. The highest BCUT2D eigenvalue weighted by Gasteiger charge is 2.71. The molecule has 3 amide bonds. The molecule has 12 heteroatoms. The second kappa shape index (κ2) is 15.1. The van der Waals surface area contributed by atoms with Gasteiger partial charge in [-0.2, -0.15) is 0 Å². The van der Waals surface area contributed by atoms with E-state index in [0.29, 0.717) is 65.1 Å². The number of nitrogens with one attached hydrogen (secondary N) is 1. The van der Waals surface area contributed by atoms with Crippen LogP contribution in [0.1, 0.15) is 43.7 Å². The van der Waals surface area contributed by atoms with Gasteiger partial charge in [0.1, 0.15) is 18.2 Å². The highest BCUT2D eigenvalue weighted by atomic mass is 16.5. The van der Waals surface area contributed by atoms with E-state index in [-0.39, 0.29) is 37.4 Å². The number of carbonyl (C=O) groups excluding carboxylic acids is 4. The number of unbranched alkanes of at least 4 members (excludes halogenated alkanes) is 2. The van der Waals surface area contributed by atoms with Crippen molar-refractivity contribution in [1.82, 2.24) is 20.0 Å². The molecule has 0 bridgehead atoms. The van der Waals surface area contributed by atoms with Crippen molar-refractivity contribution in [3.63, 3.8) is 0 Å². The van der Waals surface area contributed by atoms with Gasteiger partial charge in [-0.3, -0.25) is 24.1 Å². The minimum atomic E-state index is -1.34. The van der Waals surface area contributed by atoms with Crippen molar-refractivity contribution in [2.75, 3.05) is 65.7 Å². The SMILES string of the molecule is O=C1CC/C=C\[C@H]2O[C@]34C=CCN(CCN5CCOCC5)C(=O)[C@H]3N(CCCCCO)C(=O)[C@@H]4[C@H]2C(=O)N[C@H](c2ccccc2)CO1. The Morgan fingerprint density at radius 1 is 0.936 bits per heavy atom. The molecule has 6 atom stereocenters. The monoisotopic (exact) mass is 650 g/mol. The lowest BCUT2D eigenvalue weighted by Gasteiger charge is -2.36. The van der Waals surface area contributed by atoms with Crippen molar-refractivity contribution < 1.29 is 38.5 Å². The molecule has 1 aromatic rings. The fourth-order valence-electron chi connectivity index (χ4n) is 7.58. The van der Waals surface area contributed by atoms with Crippen molar-refractivity contribution in [3.8, 4) is 0 Å². The first-order valence-electron chi connectivity index (χ1n) is 17.0. The van der Waals surface area contributed by atoms with Gasteiger partial charge in [0.25, 0.3) is 0 Å². The highest BCUT2D eigenvalue weighted by molar-refractivity contribution is 5.99. The molecule has 5 aliphatic rings. The van der Waals surface area contributed by atoms with Gasteiger partial charge in [0.2, 0.25) is 17.7 Å². The van der Waals surface area contributed by atoms with Crippen LogP contribution in [0.5, 0.6) is 0 Å². The van der Waals surface area contributed by atoms with E-state index in [2.05, 4.69) is 10.2 Å². The Morgan fingerprint density at radius 2 is 1.74 bits per heavy atom. The van der Waals surface area contributed by atoms with E-state index in [9.17, 15) is 24.3 Å². The molecule has 0 unspecified atom stereocenters. The Hall–Kier alpha value is -3.58. The van der Waals surface area contributed by atoms with Gasteiger partial charge in [0, 0.05) is 52.3 Å².